The van der Waals surface area contributed by atoms with E-state index in [1.165, 1.54) is 17.2 Å². The van der Waals surface area contributed by atoms with Gasteiger partial charge in [0.1, 0.15) is 5.82 Å². The zero-order valence-electron chi connectivity index (χ0n) is 19.2. The lowest BCUT2D eigenvalue weighted by molar-refractivity contribution is 0.622. The first-order valence-electron chi connectivity index (χ1n) is 10.4. The largest absolute Gasteiger partial charge is 0.355 e. The van der Waals surface area contributed by atoms with Crippen molar-refractivity contribution in [2.45, 2.75) is 48.0 Å². The molecule has 0 amide bonds. The van der Waals surface area contributed by atoms with Crippen LogP contribution in [0.1, 0.15) is 48.1 Å². The quantitative estimate of drug-likeness (QED) is 0.438. The lowest BCUT2D eigenvalue weighted by atomic mass is 9.90. The number of nitrogens with one attached hydrogen (secondary N) is 1. The Morgan fingerprint density at radius 1 is 0.967 bits per heavy atom. The van der Waals surface area contributed by atoms with Crippen molar-refractivity contribution in [2.24, 2.45) is 5.92 Å². The van der Waals surface area contributed by atoms with E-state index in [-0.39, 0.29) is 5.82 Å². The number of allylic oxidation sites excluding steroid dienone is 3. The number of hydrogen-bond donors (Lipinski definition) is 1. The number of halogens is 1. The molecule has 2 rings (SSSR count). The highest BCUT2D eigenvalue weighted by Crippen LogP contribution is 2.32. The summed E-state index contributed by atoms with van der Waals surface area (Å²) in [5, 5.41) is 3.43. The molecule has 0 atom stereocenters. The maximum atomic E-state index is 14.4. The van der Waals surface area contributed by atoms with Gasteiger partial charge in [0.05, 0.1) is 0 Å². The predicted molar refractivity (Wildman–Crippen MR) is 130 cm³/mol. The summed E-state index contributed by atoms with van der Waals surface area (Å²) in [7, 11) is 0. The molecular weight excluding hydrogens is 369 g/mol. The lowest BCUT2D eigenvalue weighted by Crippen LogP contribution is -2.06. The van der Waals surface area contributed by atoms with E-state index in [1.54, 1.807) is 6.07 Å². The molecule has 1 nitrogen and oxygen atoms in total. The van der Waals surface area contributed by atoms with Gasteiger partial charge >= 0.3 is 0 Å². The molecule has 0 saturated carbocycles. The third-order valence-electron chi connectivity index (χ3n) is 5.39. The molecule has 0 bridgehead atoms. The third kappa shape index (κ3) is 5.60. The predicted octanol–water partition coefficient (Wildman–Crippen LogP) is 8.23. The fraction of sp³-hybridized carbons (Fsp3) is 0.286. The maximum Gasteiger partial charge on any atom is 0.130 e. The van der Waals surface area contributed by atoms with E-state index < -0.39 is 0 Å². The van der Waals surface area contributed by atoms with Gasteiger partial charge in [0.25, 0.3) is 0 Å². The number of anilines is 1. The molecular formula is C28H34FN. The van der Waals surface area contributed by atoms with Gasteiger partial charge in [0, 0.05) is 16.9 Å². The second kappa shape index (κ2) is 9.75. The minimum absolute atomic E-state index is 0.239. The van der Waals surface area contributed by atoms with E-state index in [4.69, 9.17) is 0 Å². The zero-order chi connectivity index (χ0) is 22.6. The molecule has 0 aromatic heterocycles. The average molecular weight is 404 g/mol. The highest BCUT2D eigenvalue weighted by molar-refractivity contribution is 5.71. The van der Waals surface area contributed by atoms with E-state index in [0.717, 1.165) is 39.2 Å². The van der Waals surface area contributed by atoms with Crippen molar-refractivity contribution in [3.05, 3.63) is 107 Å². The van der Waals surface area contributed by atoms with Crippen LogP contribution in [0.15, 0.2) is 73.0 Å². The second-order valence-electron chi connectivity index (χ2n) is 8.48. The topological polar surface area (TPSA) is 12.0 Å². The molecule has 0 aliphatic heterocycles. The molecule has 0 radical (unpaired) electrons. The lowest BCUT2D eigenvalue weighted by Gasteiger charge is -2.20. The molecule has 0 saturated heterocycles. The summed E-state index contributed by atoms with van der Waals surface area (Å²) in [5.41, 5.74) is 9.46. The van der Waals surface area contributed by atoms with Crippen molar-refractivity contribution in [1.29, 1.82) is 0 Å². The van der Waals surface area contributed by atoms with Crippen LogP contribution < -0.4 is 5.32 Å². The third-order valence-corrected chi connectivity index (χ3v) is 5.39. The Bertz CT molecular complexity index is 1000. The van der Waals surface area contributed by atoms with Crippen LogP contribution in [-0.2, 0) is 0 Å². The van der Waals surface area contributed by atoms with E-state index in [0.29, 0.717) is 17.9 Å². The van der Waals surface area contributed by atoms with Gasteiger partial charge < -0.3 is 5.32 Å². The Balaban J connectivity index is 2.29. The SMILES string of the molecule is C=C(Nc1cc(C)c(C)cc1C)C(=C)/C(=C\C(C)C)CC(=C)c1c(C)cccc1F. The van der Waals surface area contributed by atoms with Crippen molar-refractivity contribution in [2.75, 3.05) is 5.32 Å². The molecule has 30 heavy (non-hydrogen) atoms. The van der Waals surface area contributed by atoms with Gasteiger partial charge in [-0.05, 0) is 91.1 Å². The van der Waals surface area contributed by atoms with Crippen LogP contribution in [0.5, 0.6) is 0 Å². The van der Waals surface area contributed by atoms with Gasteiger partial charge in [-0.2, -0.15) is 0 Å². The molecule has 0 spiro atoms. The molecule has 1 N–H and O–H groups in total. The Hall–Kier alpha value is -2.87. The summed E-state index contributed by atoms with van der Waals surface area (Å²) < 4.78 is 14.4. The van der Waals surface area contributed by atoms with Gasteiger partial charge in [-0.15, -0.1) is 0 Å². The van der Waals surface area contributed by atoms with Gasteiger partial charge in [-0.1, -0.05) is 57.9 Å². The van der Waals surface area contributed by atoms with E-state index >= 15 is 0 Å². The molecule has 0 aliphatic carbocycles. The fourth-order valence-electron chi connectivity index (χ4n) is 3.59. The standard InChI is InChI=1S/C28H34FN/c1-17(2)13-25(15-22(7)28-18(3)11-10-12-26(28)29)23(8)24(9)30-27-16-20(5)19(4)14-21(27)6/h10-14,16-17,30H,7-9,15H2,1-6H3/b25-13-. The van der Waals surface area contributed by atoms with Gasteiger partial charge in [0.15, 0.2) is 0 Å². The van der Waals surface area contributed by atoms with Crippen molar-refractivity contribution < 1.29 is 4.39 Å². The Labute approximate surface area is 181 Å². The van der Waals surface area contributed by atoms with E-state index in [9.17, 15) is 4.39 Å². The molecule has 2 aromatic rings. The summed E-state index contributed by atoms with van der Waals surface area (Å²) in [6, 6.07) is 9.42. The Kier molecular flexibility index (Phi) is 7.61. The Morgan fingerprint density at radius 2 is 1.60 bits per heavy atom. The van der Waals surface area contributed by atoms with E-state index in [1.807, 2.05) is 13.0 Å². The highest BCUT2D eigenvalue weighted by Gasteiger charge is 2.15. The highest BCUT2D eigenvalue weighted by atomic mass is 19.1. The van der Waals surface area contributed by atoms with Crippen LogP contribution in [0.2, 0.25) is 0 Å². The maximum absolute atomic E-state index is 14.4. The van der Waals surface area contributed by atoms with Crippen LogP contribution in [-0.4, -0.2) is 0 Å². The molecule has 0 aliphatic rings. The van der Waals surface area contributed by atoms with Gasteiger partial charge in [0.2, 0.25) is 0 Å². The van der Waals surface area contributed by atoms with Crippen LogP contribution in [0, 0.1) is 39.4 Å². The van der Waals surface area contributed by atoms with Crippen molar-refractivity contribution >= 4 is 11.3 Å². The molecule has 2 aromatic carbocycles. The average Bonchev–Trinajstić information content (AvgIpc) is 2.64. The minimum Gasteiger partial charge on any atom is -0.355 e. The second-order valence-corrected chi connectivity index (χ2v) is 8.48. The van der Waals surface area contributed by atoms with E-state index in [2.05, 4.69) is 77.9 Å². The molecule has 0 heterocycles. The van der Waals surface area contributed by atoms with Gasteiger partial charge in [-0.25, -0.2) is 4.39 Å². The normalized spacial score (nSPS) is 11.5. The van der Waals surface area contributed by atoms with Crippen LogP contribution in [0.3, 0.4) is 0 Å². The van der Waals surface area contributed by atoms with Crippen LogP contribution in [0.4, 0.5) is 10.1 Å². The summed E-state index contributed by atoms with van der Waals surface area (Å²) in [6.07, 6.45) is 2.68. The first-order valence-corrected chi connectivity index (χ1v) is 10.4. The molecule has 0 unspecified atom stereocenters. The molecule has 0 fully saturated rings. The van der Waals surface area contributed by atoms with Crippen LogP contribution >= 0.6 is 0 Å². The van der Waals surface area contributed by atoms with Gasteiger partial charge in [-0.3, -0.25) is 0 Å². The smallest absolute Gasteiger partial charge is 0.130 e. The summed E-state index contributed by atoms with van der Waals surface area (Å²) in [6.45, 7) is 25.2. The first kappa shape index (κ1) is 23.4. The number of hydrogen-bond acceptors (Lipinski definition) is 1. The summed E-state index contributed by atoms with van der Waals surface area (Å²) in [5.74, 6) is 0.0830. The number of benzene rings is 2. The molecule has 2 heteroatoms. The van der Waals surface area contributed by atoms with Crippen molar-refractivity contribution in [3.63, 3.8) is 0 Å². The van der Waals surface area contributed by atoms with Crippen molar-refractivity contribution in [3.8, 4) is 0 Å². The minimum atomic E-state index is -0.239. The van der Waals surface area contributed by atoms with Crippen molar-refractivity contribution in [1.82, 2.24) is 0 Å². The monoisotopic (exact) mass is 403 g/mol. The first-order chi connectivity index (χ1) is 14.0. The summed E-state index contributed by atoms with van der Waals surface area (Å²) in [4.78, 5) is 0. The number of rotatable bonds is 8. The fourth-order valence-corrected chi connectivity index (χ4v) is 3.59. The Morgan fingerprint density at radius 3 is 2.20 bits per heavy atom. The molecule has 158 valence electrons. The zero-order valence-corrected chi connectivity index (χ0v) is 19.2. The summed E-state index contributed by atoms with van der Waals surface area (Å²) >= 11 is 0. The van der Waals surface area contributed by atoms with Crippen LogP contribution in [0.25, 0.3) is 5.57 Å². The number of aryl methyl sites for hydroxylation is 4.